The molecule has 0 aliphatic rings. The number of aromatic nitrogens is 3. The summed E-state index contributed by atoms with van der Waals surface area (Å²) < 4.78 is 24.3. The van der Waals surface area contributed by atoms with E-state index < -0.39 is 14.9 Å². The van der Waals surface area contributed by atoms with Crippen LogP contribution in [-0.4, -0.2) is 29.3 Å². The molecule has 2 aromatic rings. The smallest absolute Gasteiger partial charge is 0.194 e. The molecule has 2 heterocycles. The molecule has 0 spiro atoms. The average Bonchev–Trinajstić information content (AvgIpc) is 2.55. The Hall–Kier alpha value is -1.85. The Kier molecular flexibility index (Phi) is 2.68. The van der Waals surface area contributed by atoms with Crippen molar-refractivity contribution in [2.75, 3.05) is 12.0 Å². The van der Waals surface area contributed by atoms with Gasteiger partial charge in [-0.05, 0) is 6.92 Å². The Balaban J connectivity index is 3.07. The molecular formula is C9H8ClN5O2S. The molecule has 0 fully saturated rings. The summed E-state index contributed by atoms with van der Waals surface area (Å²) in [7, 11) is -3.68. The highest BCUT2D eigenvalue weighted by molar-refractivity contribution is 7.90. The van der Waals surface area contributed by atoms with E-state index in [1.807, 2.05) is 0 Å². The molecule has 0 unspecified atom stereocenters. The number of nitrogen functional groups attached to an aromatic ring is 1. The van der Waals surface area contributed by atoms with Crippen LogP contribution in [0.4, 0.5) is 5.82 Å². The van der Waals surface area contributed by atoms with E-state index in [-0.39, 0.29) is 22.1 Å². The number of hydrogen-bond donors (Lipinski definition) is 1. The fraction of sp³-hybridized carbons (Fsp3) is 0.222. The van der Waals surface area contributed by atoms with Gasteiger partial charge in [0.1, 0.15) is 22.5 Å². The number of rotatable bonds is 1. The number of nitrogens with two attached hydrogens (primary N) is 1. The first-order chi connectivity index (χ1) is 8.27. The molecule has 18 heavy (non-hydrogen) atoms. The highest BCUT2D eigenvalue weighted by atomic mass is 35.5. The zero-order valence-electron chi connectivity index (χ0n) is 9.47. The summed E-state index contributed by atoms with van der Waals surface area (Å²) in [6.45, 7) is 1.63. The van der Waals surface area contributed by atoms with Crippen LogP contribution >= 0.6 is 11.6 Å². The van der Waals surface area contributed by atoms with Gasteiger partial charge in [0.05, 0.1) is 5.69 Å². The van der Waals surface area contributed by atoms with Gasteiger partial charge in [0.2, 0.25) is 0 Å². The summed E-state index contributed by atoms with van der Waals surface area (Å²) >= 11 is 5.95. The van der Waals surface area contributed by atoms with E-state index in [9.17, 15) is 8.42 Å². The fourth-order valence-electron chi connectivity index (χ4n) is 1.50. The second kappa shape index (κ2) is 3.83. The number of hydrogen-bond acceptors (Lipinski definition) is 6. The molecule has 0 amide bonds. The van der Waals surface area contributed by atoms with Crippen LogP contribution in [-0.2, 0) is 9.84 Å². The van der Waals surface area contributed by atoms with Crippen LogP contribution in [0.25, 0.3) is 5.65 Å². The third-order valence-electron chi connectivity index (χ3n) is 2.33. The summed E-state index contributed by atoms with van der Waals surface area (Å²) in [4.78, 5) is 3.88. The number of anilines is 1. The number of aryl methyl sites for hydroxylation is 1. The van der Waals surface area contributed by atoms with Gasteiger partial charge < -0.3 is 5.73 Å². The van der Waals surface area contributed by atoms with Gasteiger partial charge in [0.25, 0.3) is 0 Å². The number of sulfone groups is 1. The molecule has 2 N–H and O–H groups in total. The maximum atomic E-state index is 11.6. The number of nitrogens with zero attached hydrogens (tertiary/aromatic N) is 4. The van der Waals surface area contributed by atoms with E-state index in [2.05, 4.69) is 10.1 Å². The van der Waals surface area contributed by atoms with Gasteiger partial charge in [-0.1, -0.05) is 11.6 Å². The second-order valence-corrected chi connectivity index (χ2v) is 6.00. The van der Waals surface area contributed by atoms with Gasteiger partial charge >= 0.3 is 0 Å². The van der Waals surface area contributed by atoms with E-state index >= 15 is 0 Å². The minimum atomic E-state index is -3.68. The Morgan fingerprint density at radius 3 is 2.61 bits per heavy atom. The number of fused-ring (bicyclic) bond motifs is 1. The standard InChI is InChI=1S/C9H8ClN5O2S/c1-4-6(10)8-13-9(18(2,16)17)5(3-11)7(12)15(8)14-4/h12H2,1-2H3. The van der Waals surface area contributed by atoms with E-state index in [1.54, 1.807) is 13.0 Å². The molecule has 0 aliphatic carbocycles. The van der Waals surface area contributed by atoms with Crippen molar-refractivity contribution >= 4 is 32.9 Å². The Bertz CT molecular complexity index is 803. The van der Waals surface area contributed by atoms with Crippen molar-refractivity contribution < 1.29 is 8.42 Å². The summed E-state index contributed by atoms with van der Waals surface area (Å²) in [6.07, 6.45) is 0.948. The van der Waals surface area contributed by atoms with Gasteiger partial charge in [-0.2, -0.15) is 14.9 Å². The van der Waals surface area contributed by atoms with Crippen molar-refractivity contribution in [3.05, 3.63) is 16.3 Å². The minimum Gasteiger partial charge on any atom is -0.382 e. The van der Waals surface area contributed by atoms with Crippen LogP contribution in [0.1, 0.15) is 11.3 Å². The van der Waals surface area contributed by atoms with E-state index in [4.69, 9.17) is 22.6 Å². The molecule has 0 bridgehead atoms. The fourth-order valence-corrected chi connectivity index (χ4v) is 2.43. The van der Waals surface area contributed by atoms with Crippen molar-refractivity contribution in [3.63, 3.8) is 0 Å². The lowest BCUT2D eigenvalue weighted by Crippen LogP contribution is -2.11. The maximum Gasteiger partial charge on any atom is 0.194 e. The van der Waals surface area contributed by atoms with Gasteiger partial charge in [-0.25, -0.2) is 13.4 Å². The van der Waals surface area contributed by atoms with Gasteiger partial charge in [0, 0.05) is 6.26 Å². The lowest BCUT2D eigenvalue weighted by Gasteiger charge is -2.05. The molecule has 2 rings (SSSR count). The van der Waals surface area contributed by atoms with Crippen molar-refractivity contribution in [2.45, 2.75) is 11.9 Å². The first-order valence-electron chi connectivity index (χ1n) is 4.72. The summed E-state index contributed by atoms with van der Waals surface area (Å²) in [5, 5.41) is 12.8. The van der Waals surface area contributed by atoms with Crippen LogP contribution in [0.2, 0.25) is 5.02 Å². The third-order valence-corrected chi connectivity index (χ3v) is 3.77. The molecule has 0 aliphatic heterocycles. The predicted octanol–water partition coefficient (Wildman–Crippen LogP) is 0.549. The lowest BCUT2D eigenvalue weighted by molar-refractivity contribution is 0.598. The van der Waals surface area contributed by atoms with Crippen molar-refractivity contribution in [3.8, 4) is 6.07 Å². The van der Waals surface area contributed by atoms with Crippen molar-refractivity contribution in [1.82, 2.24) is 14.6 Å². The molecule has 0 saturated carbocycles. The first kappa shape index (κ1) is 12.6. The predicted molar refractivity (Wildman–Crippen MR) is 65.0 cm³/mol. The van der Waals surface area contributed by atoms with E-state index in [0.717, 1.165) is 10.8 Å². The molecule has 9 heteroatoms. The Morgan fingerprint density at radius 2 is 2.11 bits per heavy atom. The monoisotopic (exact) mass is 285 g/mol. The minimum absolute atomic E-state index is 0.0991. The average molecular weight is 286 g/mol. The highest BCUT2D eigenvalue weighted by Crippen LogP contribution is 2.26. The van der Waals surface area contributed by atoms with Gasteiger partial charge in [-0.15, -0.1) is 0 Å². The van der Waals surface area contributed by atoms with Gasteiger partial charge in [0.15, 0.2) is 20.5 Å². The van der Waals surface area contributed by atoms with Crippen molar-refractivity contribution in [2.24, 2.45) is 0 Å². The lowest BCUT2D eigenvalue weighted by atomic mass is 10.3. The van der Waals surface area contributed by atoms with Crippen LogP contribution < -0.4 is 5.73 Å². The molecule has 0 radical (unpaired) electrons. The zero-order valence-corrected chi connectivity index (χ0v) is 11.0. The SMILES string of the molecule is Cc1nn2c(N)c(C#N)c(S(C)(=O)=O)nc2c1Cl. The molecule has 94 valence electrons. The molecular weight excluding hydrogens is 278 g/mol. The Morgan fingerprint density at radius 1 is 1.50 bits per heavy atom. The third kappa shape index (κ3) is 1.68. The first-order valence-corrected chi connectivity index (χ1v) is 6.98. The molecule has 0 atom stereocenters. The van der Waals surface area contributed by atoms with Crippen LogP contribution in [0.15, 0.2) is 5.03 Å². The van der Waals surface area contributed by atoms with Crippen LogP contribution in [0.3, 0.4) is 0 Å². The topological polar surface area (TPSA) is 114 Å². The maximum absolute atomic E-state index is 11.6. The van der Waals surface area contributed by atoms with Crippen LogP contribution in [0, 0.1) is 18.3 Å². The van der Waals surface area contributed by atoms with E-state index in [1.165, 1.54) is 0 Å². The largest absolute Gasteiger partial charge is 0.382 e. The van der Waals surface area contributed by atoms with E-state index in [0.29, 0.717) is 5.69 Å². The quantitative estimate of drug-likeness (QED) is 0.765. The van der Waals surface area contributed by atoms with Gasteiger partial charge in [-0.3, -0.25) is 0 Å². The molecule has 2 aromatic heterocycles. The molecule has 7 nitrogen and oxygen atoms in total. The number of halogens is 1. The highest BCUT2D eigenvalue weighted by Gasteiger charge is 2.23. The molecule has 0 saturated heterocycles. The summed E-state index contributed by atoms with van der Waals surface area (Å²) in [5.41, 5.74) is 6.06. The van der Waals surface area contributed by atoms with Crippen LogP contribution in [0.5, 0.6) is 0 Å². The second-order valence-electron chi connectivity index (χ2n) is 3.70. The molecule has 0 aromatic carbocycles. The summed E-state index contributed by atoms with van der Waals surface area (Å²) in [6, 6.07) is 1.72. The summed E-state index contributed by atoms with van der Waals surface area (Å²) in [5.74, 6) is -0.0991. The normalized spacial score (nSPS) is 11.7. The number of nitriles is 1. The van der Waals surface area contributed by atoms with Crippen molar-refractivity contribution in [1.29, 1.82) is 5.26 Å². The Labute approximate surface area is 108 Å². The zero-order chi connectivity index (χ0) is 13.7.